The highest BCUT2D eigenvalue weighted by atomic mass is 32.2. The molecule has 1 N–H and O–H groups in total. The predicted molar refractivity (Wildman–Crippen MR) is 77.7 cm³/mol. The molecule has 0 radical (unpaired) electrons. The number of sulfone groups is 1. The zero-order valence-electron chi connectivity index (χ0n) is 11.7. The molecular formula is C14H17N3O3S. The quantitative estimate of drug-likeness (QED) is 0.927. The van der Waals surface area contributed by atoms with Crippen molar-refractivity contribution in [3.63, 3.8) is 0 Å². The van der Waals surface area contributed by atoms with Gasteiger partial charge < -0.3 is 9.84 Å². The van der Waals surface area contributed by atoms with Crippen LogP contribution >= 0.6 is 0 Å². The van der Waals surface area contributed by atoms with Gasteiger partial charge in [-0.15, -0.1) is 0 Å². The van der Waals surface area contributed by atoms with E-state index >= 15 is 0 Å². The summed E-state index contributed by atoms with van der Waals surface area (Å²) >= 11 is 0. The summed E-state index contributed by atoms with van der Waals surface area (Å²) in [5.41, 5.74) is 0.630. The lowest BCUT2D eigenvalue weighted by molar-refractivity contribution is 0.392. The molecule has 2 heterocycles. The van der Waals surface area contributed by atoms with E-state index in [1.54, 1.807) is 24.3 Å². The van der Waals surface area contributed by atoms with Crippen LogP contribution in [0.1, 0.15) is 24.6 Å². The van der Waals surface area contributed by atoms with E-state index in [4.69, 9.17) is 4.52 Å². The molecule has 1 aromatic heterocycles. The maximum Gasteiger partial charge on any atom is 0.257 e. The predicted octanol–water partition coefficient (Wildman–Crippen LogP) is 1.61. The molecule has 7 heteroatoms. The van der Waals surface area contributed by atoms with Crippen LogP contribution in [-0.2, 0) is 9.84 Å². The monoisotopic (exact) mass is 307 g/mol. The summed E-state index contributed by atoms with van der Waals surface area (Å²) in [5, 5.41) is 7.34. The Labute approximate surface area is 123 Å². The molecule has 1 saturated heterocycles. The van der Waals surface area contributed by atoms with Crippen molar-refractivity contribution in [2.24, 2.45) is 0 Å². The Kier molecular flexibility index (Phi) is 3.77. The smallest absolute Gasteiger partial charge is 0.257 e. The first-order valence-corrected chi connectivity index (χ1v) is 8.78. The highest BCUT2D eigenvalue weighted by molar-refractivity contribution is 7.90. The van der Waals surface area contributed by atoms with Crippen molar-refractivity contribution in [1.82, 2.24) is 15.5 Å². The number of hydrogen-bond acceptors (Lipinski definition) is 6. The van der Waals surface area contributed by atoms with Crippen molar-refractivity contribution >= 4 is 9.84 Å². The third-order valence-electron chi connectivity index (χ3n) is 3.66. The first-order valence-electron chi connectivity index (χ1n) is 6.89. The molecule has 1 aliphatic heterocycles. The molecule has 21 heavy (non-hydrogen) atoms. The highest BCUT2D eigenvalue weighted by Crippen LogP contribution is 2.26. The third kappa shape index (κ3) is 3.14. The number of benzene rings is 1. The van der Waals surface area contributed by atoms with Gasteiger partial charge in [0.15, 0.2) is 15.7 Å². The van der Waals surface area contributed by atoms with Crippen molar-refractivity contribution in [3.05, 3.63) is 30.1 Å². The molecular weight excluding hydrogens is 290 g/mol. The fourth-order valence-electron chi connectivity index (χ4n) is 2.46. The lowest BCUT2D eigenvalue weighted by Gasteiger charge is -2.18. The third-order valence-corrected chi connectivity index (χ3v) is 4.77. The van der Waals surface area contributed by atoms with E-state index in [-0.39, 0.29) is 4.90 Å². The van der Waals surface area contributed by atoms with E-state index in [0.717, 1.165) is 25.9 Å². The zero-order valence-corrected chi connectivity index (χ0v) is 12.6. The maximum absolute atomic E-state index is 11.6. The zero-order chi connectivity index (χ0) is 14.9. The molecule has 1 aromatic carbocycles. The van der Waals surface area contributed by atoms with Gasteiger partial charge in [0, 0.05) is 17.7 Å². The Morgan fingerprint density at radius 1 is 1.29 bits per heavy atom. The molecule has 0 aliphatic carbocycles. The van der Waals surface area contributed by atoms with Gasteiger partial charge in [0.2, 0.25) is 0 Å². The summed E-state index contributed by atoms with van der Waals surface area (Å²) in [5.74, 6) is 1.38. The maximum atomic E-state index is 11.6. The van der Waals surface area contributed by atoms with Gasteiger partial charge in [-0.2, -0.15) is 4.98 Å². The lowest BCUT2D eigenvalue weighted by Crippen LogP contribution is -2.27. The first kappa shape index (κ1) is 14.2. The van der Waals surface area contributed by atoms with E-state index in [2.05, 4.69) is 15.5 Å². The molecule has 0 spiro atoms. The van der Waals surface area contributed by atoms with Crippen LogP contribution in [0.15, 0.2) is 33.7 Å². The van der Waals surface area contributed by atoms with Crippen LogP contribution in [0.2, 0.25) is 0 Å². The van der Waals surface area contributed by atoms with Crippen LogP contribution in [0.4, 0.5) is 0 Å². The van der Waals surface area contributed by atoms with Crippen molar-refractivity contribution in [2.75, 3.05) is 19.3 Å². The molecule has 112 valence electrons. The van der Waals surface area contributed by atoms with Gasteiger partial charge in [0.1, 0.15) is 0 Å². The summed E-state index contributed by atoms with van der Waals surface area (Å²) in [6.07, 6.45) is 3.16. The summed E-state index contributed by atoms with van der Waals surface area (Å²) in [6.45, 7) is 1.91. The van der Waals surface area contributed by atoms with E-state index in [1.165, 1.54) is 6.26 Å². The molecule has 0 bridgehead atoms. The largest absolute Gasteiger partial charge is 0.334 e. The van der Waals surface area contributed by atoms with Gasteiger partial charge >= 0.3 is 0 Å². The van der Waals surface area contributed by atoms with E-state index in [0.29, 0.717) is 23.2 Å². The number of aromatic nitrogens is 2. The van der Waals surface area contributed by atoms with Crippen molar-refractivity contribution in [2.45, 2.75) is 23.7 Å². The first-order chi connectivity index (χ1) is 10.0. The fourth-order valence-corrected chi connectivity index (χ4v) is 3.12. The number of rotatable bonds is 3. The minimum absolute atomic E-state index is 0.251. The second kappa shape index (κ2) is 5.57. The van der Waals surface area contributed by atoms with Crippen LogP contribution < -0.4 is 5.32 Å². The summed E-state index contributed by atoms with van der Waals surface area (Å²) in [4.78, 5) is 4.68. The Hall–Kier alpha value is -1.73. The molecule has 0 atom stereocenters. The van der Waals surface area contributed by atoms with E-state index in [1.807, 2.05) is 0 Å². The molecule has 0 amide bonds. The topological polar surface area (TPSA) is 85.1 Å². The molecule has 0 unspecified atom stereocenters. The molecule has 3 rings (SSSR count). The van der Waals surface area contributed by atoms with Gasteiger partial charge in [-0.1, -0.05) is 11.2 Å². The van der Waals surface area contributed by atoms with Gasteiger partial charge in [-0.05, 0) is 44.1 Å². The molecule has 0 saturated carbocycles. The summed E-state index contributed by atoms with van der Waals surface area (Å²) in [6, 6.07) is 6.58. The van der Waals surface area contributed by atoms with Crippen molar-refractivity contribution in [3.8, 4) is 11.5 Å². The Morgan fingerprint density at radius 3 is 2.76 bits per heavy atom. The summed E-state index contributed by atoms with van der Waals surface area (Å²) in [7, 11) is -3.25. The standard InChI is InChI=1S/C14H17N3O3S/c1-21(18,19)12-4-2-3-11(9-12)14-16-13(17-20-14)10-5-7-15-8-6-10/h2-4,9-10,15H,5-8H2,1H3. The average Bonchev–Trinajstić information content (AvgIpc) is 2.97. The minimum atomic E-state index is -3.25. The second-order valence-corrected chi connectivity index (χ2v) is 7.30. The van der Waals surface area contributed by atoms with Crippen LogP contribution in [0.5, 0.6) is 0 Å². The van der Waals surface area contributed by atoms with Crippen LogP contribution in [0, 0.1) is 0 Å². The average molecular weight is 307 g/mol. The Bertz CT molecular complexity index is 733. The van der Waals surface area contributed by atoms with Gasteiger partial charge in [-0.3, -0.25) is 0 Å². The molecule has 1 aliphatic rings. The molecule has 6 nitrogen and oxygen atoms in total. The fraction of sp³-hybridized carbons (Fsp3) is 0.429. The summed E-state index contributed by atoms with van der Waals surface area (Å²) < 4.78 is 28.5. The van der Waals surface area contributed by atoms with Crippen LogP contribution in [-0.4, -0.2) is 37.9 Å². The molecule has 2 aromatic rings. The minimum Gasteiger partial charge on any atom is -0.334 e. The number of nitrogens with zero attached hydrogens (tertiary/aromatic N) is 2. The van der Waals surface area contributed by atoms with E-state index < -0.39 is 9.84 Å². The Balaban J connectivity index is 1.89. The van der Waals surface area contributed by atoms with Crippen LogP contribution in [0.25, 0.3) is 11.5 Å². The van der Waals surface area contributed by atoms with Crippen LogP contribution in [0.3, 0.4) is 0 Å². The second-order valence-electron chi connectivity index (χ2n) is 5.28. The Morgan fingerprint density at radius 2 is 2.05 bits per heavy atom. The van der Waals surface area contributed by atoms with Gasteiger partial charge in [0.05, 0.1) is 4.90 Å². The number of hydrogen-bond donors (Lipinski definition) is 1. The normalized spacial score (nSPS) is 17.0. The van der Waals surface area contributed by atoms with Crippen molar-refractivity contribution in [1.29, 1.82) is 0 Å². The van der Waals surface area contributed by atoms with Crippen molar-refractivity contribution < 1.29 is 12.9 Å². The lowest BCUT2D eigenvalue weighted by atomic mass is 9.98. The highest BCUT2D eigenvalue weighted by Gasteiger charge is 2.21. The van der Waals surface area contributed by atoms with Gasteiger partial charge in [0.25, 0.3) is 5.89 Å². The number of nitrogens with one attached hydrogen (secondary N) is 1. The number of piperidine rings is 1. The van der Waals surface area contributed by atoms with Gasteiger partial charge in [-0.25, -0.2) is 8.42 Å². The molecule has 1 fully saturated rings. The van der Waals surface area contributed by atoms with E-state index in [9.17, 15) is 8.42 Å². The SMILES string of the molecule is CS(=O)(=O)c1cccc(-c2nc(C3CCNCC3)no2)c1.